The van der Waals surface area contributed by atoms with Crippen LogP contribution in [0.5, 0.6) is 0 Å². The summed E-state index contributed by atoms with van der Waals surface area (Å²) in [5.74, 6) is 0.709. The second kappa shape index (κ2) is 20.7. The molecule has 0 amide bonds. The fraction of sp³-hybridized carbons (Fsp3) is 0.778. The van der Waals surface area contributed by atoms with Crippen LogP contribution in [0.3, 0.4) is 0 Å². The van der Waals surface area contributed by atoms with Crippen LogP contribution in [0.4, 0.5) is 0 Å². The van der Waals surface area contributed by atoms with Gasteiger partial charge in [-0.15, -0.1) is 0 Å². The van der Waals surface area contributed by atoms with Gasteiger partial charge in [-0.05, 0) is 63.4 Å². The molecule has 0 saturated heterocycles. The van der Waals surface area contributed by atoms with Crippen LogP contribution in [0.1, 0.15) is 117 Å². The topological polar surface area (TPSA) is 0 Å². The highest BCUT2D eigenvalue weighted by atomic mass is 35.5. The molecule has 0 bridgehead atoms. The Morgan fingerprint density at radius 3 is 1.38 bits per heavy atom. The molecule has 1 atom stereocenters. The zero-order valence-corrected chi connectivity index (χ0v) is 21.4. The summed E-state index contributed by atoms with van der Waals surface area (Å²) in [5.41, 5.74) is 1.45. The normalized spacial score (nSPS) is 11.9. The SMILES string of the molecule is CCC(C)c1ccccc1.CCCCC[N+](CC)(CCCCC)CCCCC.[Cl-]. The van der Waals surface area contributed by atoms with Gasteiger partial charge in [0.1, 0.15) is 0 Å². The van der Waals surface area contributed by atoms with E-state index in [0.717, 1.165) is 0 Å². The number of unbranched alkanes of at least 4 members (excludes halogenated alkanes) is 6. The van der Waals surface area contributed by atoms with Crippen LogP contribution < -0.4 is 12.4 Å². The van der Waals surface area contributed by atoms with E-state index in [-0.39, 0.29) is 12.4 Å². The van der Waals surface area contributed by atoms with Crippen molar-refractivity contribution in [1.82, 2.24) is 0 Å². The van der Waals surface area contributed by atoms with Crippen molar-refractivity contribution in [3.8, 4) is 0 Å². The molecular weight excluding hydrogens is 374 g/mol. The Morgan fingerprint density at radius 1 is 0.655 bits per heavy atom. The number of quaternary nitrogens is 1. The highest BCUT2D eigenvalue weighted by Crippen LogP contribution is 2.17. The van der Waals surface area contributed by atoms with Crippen LogP contribution in [0.25, 0.3) is 0 Å². The number of halogens is 1. The van der Waals surface area contributed by atoms with E-state index in [2.05, 4.69) is 71.9 Å². The number of hydrogen-bond donors (Lipinski definition) is 0. The van der Waals surface area contributed by atoms with E-state index in [9.17, 15) is 0 Å². The first-order valence-electron chi connectivity index (χ1n) is 12.5. The van der Waals surface area contributed by atoms with Gasteiger partial charge in [0.15, 0.2) is 0 Å². The number of rotatable bonds is 15. The molecule has 0 fully saturated rings. The molecule has 0 saturated carbocycles. The highest BCUT2D eigenvalue weighted by molar-refractivity contribution is 5.18. The van der Waals surface area contributed by atoms with Crippen molar-refractivity contribution >= 4 is 0 Å². The average Bonchev–Trinajstić information content (AvgIpc) is 2.74. The van der Waals surface area contributed by atoms with Crippen LogP contribution in [0.2, 0.25) is 0 Å². The molecule has 1 aromatic rings. The lowest BCUT2D eigenvalue weighted by atomic mass is 9.99. The summed E-state index contributed by atoms with van der Waals surface area (Å²) in [6.45, 7) is 19.5. The quantitative estimate of drug-likeness (QED) is 0.253. The minimum absolute atomic E-state index is 0. The van der Waals surface area contributed by atoms with Crippen molar-refractivity contribution in [3.05, 3.63) is 35.9 Å². The molecular formula is C27H52ClN. The zero-order chi connectivity index (χ0) is 21.1. The van der Waals surface area contributed by atoms with Gasteiger partial charge < -0.3 is 16.9 Å². The maximum absolute atomic E-state index is 2.41. The van der Waals surface area contributed by atoms with Crippen LogP contribution in [0, 0.1) is 0 Å². The second-order valence-electron chi connectivity index (χ2n) is 8.67. The molecule has 0 aliphatic rings. The fourth-order valence-electron chi connectivity index (χ4n) is 3.92. The summed E-state index contributed by atoms with van der Waals surface area (Å²) < 4.78 is 1.40. The van der Waals surface area contributed by atoms with Gasteiger partial charge in [0.2, 0.25) is 0 Å². The van der Waals surface area contributed by atoms with Crippen molar-refractivity contribution in [2.75, 3.05) is 26.2 Å². The summed E-state index contributed by atoms with van der Waals surface area (Å²) in [6, 6.07) is 10.6. The van der Waals surface area contributed by atoms with Gasteiger partial charge in [-0.1, -0.05) is 84.2 Å². The molecule has 0 radical (unpaired) electrons. The molecule has 0 heterocycles. The lowest BCUT2D eigenvalue weighted by Gasteiger charge is -2.38. The largest absolute Gasteiger partial charge is 1.00 e. The third-order valence-electron chi connectivity index (χ3n) is 6.36. The highest BCUT2D eigenvalue weighted by Gasteiger charge is 2.23. The van der Waals surface area contributed by atoms with E-state index >= 15 is 0 Å². The van der Waals surface area contributed by atoms with Crippen LogP contribution in [0.15, 0.2) is 30.3 Å². The number of benzene rings is 1. The number of nitrogens with zero attached hydrogens (tertiary/aromatic N) is 1. The maximum Gasteiger partial charge on any atom is 0.0786 e. The lowest BCUT2D eigenvalue weighted by Crippen LogP contribution is -3.00. The van der Waals surface area contributed by atoms with E-state index < -0.39 is 0 Å². The number of hydrogen-bond acceptors (Lipinski definition) is 0. The zero-order valence-electron chi connectivity index (χ0n) is 20.7. The van der Waals surface area contributed by atoms with Crippen molar-refractivity contribution in [3.63, 3.8) is 0 Å². The lowest BCUT2D eigenvalue weighted by molar-refractivity contribution is -0.927. The monoisotopic (exact) mass is 425 g/mol. The Morgan fingerprint density at radius 2 is 1.07 bits per heavy atom. The average molecular weight is 426 g/mol. The summed E-state index contributed by atoms with van der Waals surface area (Å²) in [5, 5.41) is 0. The first-order valence-corrected chi connectivity index (χ1v) is 12.5. The molecule has 1 unspecified atom stereocenters. The smallest absolute Gasteiger partial charge is 0.0786 e. The Hall–Kier alpha value is -0.530. The van der Waals surface area contributed by atoms with Crippen molar-refractivity contribution in [2.24, 2.45) is 0 Å². The second-order valence-corrected chi connectivity index (χ2v) is 8.67. The van der Waals surface area contributed by atoms with Gasteiger partial charge in [0.05, 0.1) is 26.2 Å². The van der Waals surface area contributed by atoms with Crippen molar-refractivity contribution < 1.29 is 16.9 Å². The Balaban J connectivity index is 0. The van der Waals surface area contributed by atoms with Gasteiger partial charge >= 0.3 is 0 Å². The van der Waals surface area contributed by atoms with Gasteiger partial charge in [-0.2, -0.15) is 0 Å². The van der Waals surface area contributed by atoms with E-state index in [4.69, 9.17) is 0 Å². The molecule has 0 aliphatic carbocycles. The van der Waals surface area contributed by atoms with Gasteiger partial charge in [0, 0.05) is 0 Å². The van der Waals surface area contributed by atoms with E-state index in [1.165, 1.54) is 100 Å². The summed E-state index contributed by atoms with van der Waals surface area (Å²) in [6.07, 6.45) is 13.8. The van der Waals surface area contributed by atoms with Crippen LogP contribution in [-0.4, -0.2) is 30.7 Å². The molecule has 2 heteroatoms. The summed E-state index contributed by atoms with van der Waals surface area (Å²) >= 11 is 0. The minimum atomic E-state index is 0. The Kier molecular flexibility index (Phi) is 21.9. The minimum Gasteiger partial charge on any atom is -1.00 e. The third-order valence-corrected chi connectivity index (χ3v) is 6.36. The molecule has 29 heavy (non-hydrogen) atoms. The van der Waals surface area contributed by atoms with Gasteiger partial charge in [-0.25, -0.2) is 0 Å². The molecule has 1 aromatic carbocycles. The summed E-state index contributed by atoms with van der Waals surface area (Å²) in [4.78, 5) is 0. The van der Waals surface area contributed by atoms with Crippen LogP contribution >= 0.6 is 0 Å². The molecule has 0 spiro atoms. The Labute approximate surface area is 190 Å². The molecule has 0 N–H and O–H groups in total. The van der Waals surface area contributed by atoms with Crippen molar-refractivity contribution in [2.45, 2.75) is 112 Å². The molecule has 172 valence electrons. The Bertz CT molecular complexity index is 405. The third kappa shape index (κ3) is 15.0. The molecule has 0 aromatic heterocycles. The molecule has 1 nitrogen and oxygen atoms in total. The fourth-order valence-corrected chi connectivity index (χ4v) is 3.92. The molecule has 1 rings (SSSR count). The molecule has 0 aliphatic heterocycles. The standard InChI is InChI=1S/C17H38N.C10H14.ClH/c1-5-9-12-15-18(8-4,16-13-10-6-2)17-14-11-7-3;1-3-9(2)10-7-5-4-6-8-10;/h5-17H2,1-4H3;4-9H,3H2,1-2H3;1H/q+1;;/p-1. The van der Waals surface area contributed by atoms with E-state index in [0.29, 0.717) is 5.92 Å². The summed E-state index contributed by atoms with van der Waals surface area (Å²) in [7, 11) is 0. The predicted molar refractivity (Wildman–Crippen MR) is 129 cm³/mol. The van der Waals surface area contributed by atoms with E-state index in [1.54, 1.807) is 0 Å². The maximum atomic E-state index is 2.41. The van der Waals surface area contributed by atoms with Crippen molar-refractivity contribution in [1.29, 1.82) is 0 Å². The first-order chi connectivity index (χ1) is 13.6. The first kappa shape index (κ1) is 30.7. The van der Waals surface area contributed by atoms with E-state index in [1.807, 2.05) is 0 Å². The van der Waals surface area contributed by atoms with Crippen LogP contribution in [-0.2, 0) is 0 Å². The van der Waals surface area contributed by atoms with Gasteiger partial charge in [-0.3, -0.25) is 0 Å². The van der Waals surface area contributed by atoms with Gasteiger partial charge in [0.25, 0.3) is 0 Å². The predicted octanol–water partition coefficient (Wildman–Crippen LogP) is 5.60.